The number of nitrogens with one attached hydrogen (secondary N) is 2. The number of carbonyl (C=O) groups excluding carboxylic acids is 2. The van der Waals surface area contributed by atoms with Crippen molar-refractivity contribution in [3.63, 3.8) is 0 Å². The number of hydrogen-bond acceptors (Lipinski definition) is 3. The molecule has 0 saturated carbocycles. The van der Waals surface area contributed by atoms with Crippen molar-refractivity contribution in [1.82, 2.24) is 15.6 Å². The lowest BCUT2D eigenvalue weighted by atomic mass is 10.00. The van der Waals surface area contributed by atoms with Gasteiger partial charge in [0.2, 0.25) is 5.91 Å². The molecule has 1 aromatic heterocycles. The van der Waals surface area contributed by atoms with Crippen molar-refractivity contribution >= 4 is 35.0 Å². The van der Waals surface area contributed by atoms with Crippen LogP contribution in [-0.2, 0) is 4.79 Å². The van der Waals surface area contributed by atoms with Crippen molar-refractivity contribution in [2.45, 2.75) is 6.04 Å². The molecule has 0 radical (unpaired) electrons. The average molecular weight is 414 g/mol. The molecule has 1 unspecified atom stereocenters. The van der Waals surface area contributed by atoms with Crippen molar-refractivity contribution in [1.29, 1.82) is 0 Å². The number of nitrogens with zero attached hydrogens (tertiary/aromatic N) is 1. The van der Waals surface area contributed by atoms with Gasteiger partial charge in [-0.1, -0.05) is 53.5 Å². The lowest BCUT2D eigenvalue weighted by molar-refractivity contribution is -0.120. The zero-order chi connectivity index (χ0) is 19.9. The number of pyridine rings is 1. The fourth-order valence-electron chi connectivity index (χ4n) is 2.67. The number of aromatic nitrogens is 1. The Bertz CT molecular complexity index is 926. The molecule has 0 spiro atoms. The zero-order valence-corrected chi connectivity index (χ0v) is 16.2. The summed E-state index contributed by atoms with van der Waals surface area (Å²) in [6.07, 6.45) is 3.34. The molecule has 0 saturated heterocycles. The van der Waals surface area contributed by atoms with Gasteiger partial charge in [0.1, 0.15) is 0 Å². The summed E-state index contributed by atoms with van der Waals surface area (Å²) >= 11 is 11.8. The Balaban J connectivity index is 1.67. The number of halogens is 2. The quantitative estimate of drug-likeness (QED) is 0.640. The van der Waals surface area contributed by atoms with Crippen LogP contribution in [0, 0.1) is 0 Å². The highest BCUT2D eigenvalue weighted by atomic mass is 35.5. The Morgan fingerprint density at radius 2 is 1.57 bits per heavy atom. The summed E-state index contributed by atoms with van der Waals surface area (Å²) in [4.78, 5) is 28.7. The van der Waals surface area contributed by atoms with E-state index in [4.69, 9.17) is 23.2 Å². The summed E-state index contributed by atoms with van der Waals surface area (Å²) in [6.45, 7) is -0.173. The van der Waals surface area contributed by atoms with E-state index < -0.39 is 5.91 Å². The van der Waals surface area contributed by atoms with Crippen LogP contribution in [0.1, 0.15) is 27.5 Å². The lowest BCUT2D eigenvalue weighted by Gasteiger charge is -2.20. The maximum Gasteiger partial charge on any atom is 0.251 e. The Morgan fingerprint density at radius 1 is 0.893 bits per heavy atom. The molecule has 3 rings (SSSR count). The summed E-state index contributed by atoms with van der Waals surface area (Å²) in [5.74, 6) is -0.729. The van der Waals surface area contributed by atoms with Crippen LogP contribution in [0.2, 0.25) is 10.0 Å². The third-order valence-electron chi connectivity index (χ3n) is 4.07. The fourth-order valence-corrected chi connectivity index (χ4v) is 2.97. The molecule has 0 aliphatic rings. The van der Waals surface area contributed by atoms with E-state index >= 15 is 0 Å². The fraction of sp³-hybridized carbons (Fsp3) is 0.0952. The summed E-state index contributed by atoms with van der Waals surface area (Å²) in [5.41, 5.74) is 2.15. The Hall–Kier alpha value is -2.89. The van der Waals surface area contributed by atoms with Crippen LogP contribution in [0.15, 0.2) is 73.1 Å². The minimum absolute atomic E-state index is 0.173. The molecule has 2 amide bonds. The molecule has 1 heterocycles. The monoisotopic (exact) mass is 413 g/mol. The van der Waals surface area contributed by atoms with Gasteiger partial charge in [0.15, 0.2) is 0 Å². The third-order valence-corrected chi connectivity index (χ3v) is 4.81. The molecular formula is C21H17Cl2N3O2. The summed E-state index contributed by atoms with van der Waals surface area (Å²) in [6, 6.07) is 17.5. The predicted octanol–water partition coefficient (Wildman–Crippen LogP) is 4.02. The smallest absolute Gasteiger partial charge is 0.251 e. The van der Waals surface area contributed by atoms with Crippen LogP contribution in [-0.4, -0.2) is 23.3 Å². The second-order valence-corrected chi connectivity index (χ2v) is 6.82. The number of hydrogen-bond donors (Lipinski definition) is 2. The lowest BCUT2D eigenvalue weighted by Crippen LogP contribution is -2.39. The minimum Gasteiger partial charge on any atom is -0.344 e. The van der Waals surface area contributed by atoms with Crippen molar-refractivity contribution in [3.05, 3.63) is 99.8 Å². The number of benzene rings is 2. The maximum absolute atomic E-state index is 12.5. The van der Waals surface area contributed by atoms with Crippen LogP contribution in [0.5, 0.6) is 0 Å². The zero-order valence-electron chi connectivity index (χ0n) is 14.7. The van der Waals surface area contributed by atoms with Crippen molar-refractivity contribution in [2.24, 2.45) is 0 Å². The third kappa shape index (κ3) is 5.09. The highest BCUT2D eigenvalue weighted by molar-refractivity contribution is 6.42. The van der Waals surface area contributed by atoms with E-state index in [1.54, 1.807) is 18.5 Å². The highest BCUT2D eigenvalue weighted by Gasteiger charge is 2.17. The van der Waals surface area contributed by atoms with Gasteiger partial charge in [0, 0.05) is 18.0 Å². The summed E-state index contributed by atoms with van der Waals surface area (Å²) in [7, 11) is 0. The van der Waals surface area contributed by atoms with Gasteiger partial charge < -0.3 is 10.6 Å². The van der Waals surface area contributed by atoms with Gasteiger partial charge in [0.05, 0.1) is 22.6 Å². The molecule has 2 aromatic carbocycles. The first-order chi connectivity index (χ1) is 13.5. The second kappa shape index (κ2) is 9.35. The summed E-state index contributed by atoms with van der Waals surface area (Å²) in [5, 5.41) is 6.18. The summed E-state index contributed by atoms with van der Waals surface area (Å²) < 4.78 is 0. The van der Waals surface area contributed by atoms with E-state index in [2.05, 4.69) is 15.6 Å². The molecular weight excluding hydrogens is 397 g/mol. The molecule has 0 aliphatic heterocycles. The van der Waals surface area contributed by atoms with Crippen LogP contribution in [0.25, 0.3) is 0 Å². The standard InChI is InChI=1S/C21H17Cl2N3O2/c22-17-7-6-16(12-18(17)23)21(28)25-13-19(27)26-20(14-4-2-1-3-5-14)15-8-10-24-11-9-15/h1-12,20H,13H2,(H,25,28)(H,26,27). The number of rotatable bonds is 6. The maximum atomic E-state index is 12.5. The van der Waals surface area contributed by atoms with E-state index in [0.717, 1.165) is 11.1 Å². The van der Waals surface area contributed by atoms with Gasteiger partial charge in [-0.3, -0.25) is 14.6 Å². The largest absolute Gasteiger partial charge is 0.344 e. The molecule has 142 valence electrons. The van der Waals surface area contributed by atoms with E-state index in [-0.39, 0.29) is 23.5 Å². The topological polar surface area (TPSA) is 71.1 Å². The van der Waals surface area contributed by atoms with Crippen LogP contribution >= 0.6 is 23.2 Å². The van der Waals surface area contributed by atoms with Crippen LogP contribution in [0.3, 0.4) is 0 Å². The Morgan fingerprint density at radius 3 is 2.25 bits per heavy atom. The molecule has 0 bridgehead atoms. The molecule has 2 N–H and O–H groups in total. The van der Waals surface area contributed by atoms with Crippen LogP contribution in [0.4, 0.5) is 0 Å². The van der Waals surface area contributed by atoms with Crippen molar-refractivity contribution in [3.8, 4) is 0 Å². The predicted molar refractivity (Wildman–Crippen MR) is 109 cm³/mol. The van der Waals surface area contributed by atoms with E-state index in [9.17, 15) is 9.59 Å². The normalized spacial score (nSPS) is 11.5. The first kappa shape index (κ1) is 19.9. The number of amides is 2. The van der Waals surface area contributed by atoms with E-state index in [0.29, 0.717) is 10.6 Å². The molecule has 7 heteroatoms. The molecule has 0 fully saturated rings. The van der Waals surface area contributed by atoms with Crippen molar-refractivity contribution in [2.75, 3.05) is 6.54 Å². The number of carbonyl (C=O) groups is 2. The average Bonchev–Trinajstić information content (AvgIpc) is 2.73. The van der Waals surface area contributed by atoms with Gasteiger partial charge >= 0.3 is 0 Å². The van der Waals surface area contributed by atoms with Crippen LogP contribution < -0.4 is 10.6 Å². The first-order valence-corrected chi connectivity index (χ1v) is 9.27. The molecule has 3 aromatic rings. The van der Waals surface area contributed by atoms with Gasteiger partial charge in [-0.15, -0.1) is 0 Å². The van der Waals surface area contributed by atoms with E-state index in [1.807, 2.05) is 42.5 Å². The molecule has 5 nitrogen and oxygen atoms in total. The molecule has 0 aliphatic carbocycles. The Kier molecular flexibility index (Phi) is 6.63. The second-order valence-electron chi connectivity index (χ2n) is 6.00. The van der Waals surface area contributed by atoms with Gasteiger partial charge in [-0.25, -0.2) is 0 Å². The van der Waals surface area contributed by atoms with Crippen molar-refractivity contribution < 1.29 is 9.59 Å². The minimum atomic E-state index is -0.408. The van der Waals surface area contributed by atoms with E-state index in [1.165, 1.54) is 12.1 Å². The van der Waals surface area contributed by atoms with Gasteiger partial charge in [0.25, 0.3) is 5.91 Å². The van der Waals surface area contributed by atoms with Gasteiger partial charge in [-0.2, -0.15) is 0 Å². The van der Waals surface area contributed by atoms with Gasteiger partial charge in [-0.05, 0) is 41.5 Å². The molecule has 1 atom stereocenters. The Labute approximate surface area is 172 Å². The first-order valence-electron chi connectivity index (χ1n) is 8.52. The molecule has 28 heavy (non-hydrogen) atoms. The SMILES string of the molecule is O=C(CNC(=O)c1ccc(Cl)c(Cl)c1)NC(c1ccccc1)c1ccncc1. The highest BCUT2D eigenvalue weighted by Crippen LogP contribution is 2.23.